The van der Waals surface area contributed by atoms with E-state index in [1.165, 1.54) is 24.8 Å². The minimum absolute atomic E-state index is 0.0655. The number of carbonyl (C=O) groups is 2. The van der Waals surface area contributed by atoms with Gasteiger partial charge in [-0.1, -0.05) is 32.4 Å². The Morgan fingerprint density at radius 3 is 2.75 bits per heavy atom. The van der Waals surface area contributed by atoms with Crippen LogP contribution in [-0.2, 0) is 9.59 Å². The molecule has 0 aromatic heterocycles. The number of aldehydes is 1. The zero-order valence-corrected chi connectivity index (χ0v) is 20.2. The van der Waals surface area contributed by atoms with Gasteiger partial charge in [0, 0.05) is 18.2 Å². The minimum Gasteiger partial charge on any atom is -0.348 e. The molecule has 7 atom stereocenters. The number of rotatable bonds is 8. The van der Waals surface area contributed by atoms with Crippen molar-refractivity contribution in [3.63, 3.8) is 0 Å². The average Bonchev–Trinajstić information content (AvgIpc) is 2.72. The van der Waals surface area contributed by atoms with Crippen LogP contribution in [0.5, 0.6) is 0 Å². The van der Waals surface area contributed by atoms with Crippen molar-refractivity contribution in [3.05, 3.63) is 12.2 Å². The van der Waals surface area contributed by atoms with Gasteiger partial charge in [0.2, 0.25) is 0 Å². The van der Waals surface area contributed by atoms with Crippen LogP contribution >= 0.6 is 11.8 Å². The largest absolute Gasteiger partial charge is 0.471 e. The van der Waals surface area contributed by atoms with Crippen molar-refractivity contribution in [1.29, 1.82) is 0 Å². The third-order valence-electron chi connectivity index (χ3n) is 8.70. The zero-order valence-electron chi connectivity index (χ0n) is 19.4. The SMILES string of the molecule is C=C1CC2C(CCC=O)[C@H](C)CCC2[C@@]2(C)CC[C@@H](SCCCNC(=O)C(F)(F)F)C[C@H]12. The Morgan fingerprint density at radius 1 is 1.31 bits per heavy atom. The summed E-state index contributed by atoms with van der Waals surface area (Å²) in [6.07, 6.45) is 5.50. The molecule has 1 N–H and O–H groups in total. The van der Waals surface area contributed by atoms with E-state index in [0.29, 0.717) is 47.7 Å². The van der Waals surface area contributed by atoms with Crippen LogP contribution in [0.3, 0.4) is 0 Å². The van der Waals surface area contributed by atoms with E-state index < -0.39 is 12.1 Å². The Balaban J connectivity index is 1.54. The maximum Gasteiger partial charge on any atom is 0.471 e. The number of carbonyl (C=O) groups excluding carboxylic acids is 2. The average molecular weight is 474 g/mol. The molecule has 3 saturated carbocycles. The first-order chi connectivity index (χ1) is 15.1. The van der Waals surface area contributed by atoms with Crippen LogP contribution < -0.4 is 5.32 Å². The molecule has 0 radical (unpaired) electrons. The van der Waals surface area contributed by atoms with Crippen molar-refractivity contribution < 1.29 is 22.8 Å². The van der Waals surface area contributed by atoms with Gasteiger partial charge in [-0.15, -0.1) is 0 Å². The predicted octanol–water partition coefficient (Wildman–Crippen LogP) is 6.18. The van der Waals surface area contributed by atoms with Gasteiger partial charge in [0.25, 0.3) is 0 Å². The van der Waals surface area contributed by atoms with Gasteiger partial charge in [-0.3, -0.25) is 4.79 Å². The zero-order chi connectivity index (χ0) is 23.5. The molecule has 3 fully saturated rings. The summed E-state index contributed by atoms with van der Waals surface area (Å²) in [6.45, 7) is 9.42. The van der Waals surface area contributed by atoms with Gasteiger partial charge in [-0.2, -0.15) is 24.9 Å². The Bertz CT molecular complexity index is 697. The molecule has 3 aliphatic carbocycles. The van der Waals surface area contributed by atoms with Crippen LogP contribution in [0.1, 0.15) is 71.6 Å². The van der Waals surface area contributed by atoms with Crippen molar-refractivity contribution in [2.75, 3.05) is 12.3 Å². The van der Waals surface area contributed by atoms with Gasteiger partial charge in [-0.25, -0.2) is 0 Å². The first-order valence-corrected chi connectivity index (χ1v) is 13.2. The molecule has 0 bridgehead atoms. The number of nitrogens with one attached hydrogen (secondary N) is 1. The Kier molecular flexibility index (Phi) is 8.43. The Hall–Kier alpha value is -0.980. The van der Waals surface area contributed by atoms with Crippen molar-refractivity contribution in [3.8, 4) is 0 Å². The number of alkyl halides is 3. The van der Waals surface area contributed by atoms with Gasteiger partial charge in [0.1, 0.15) is 6.29 Å². The van der Waals surface area contributed by atoms with E-state index in [9.17, 15) is 22.8 Å². The van der Waals surface area contributed by atoms with Crippen molar-refractivity contribution in [2.45, 2.75) is 83.1 Å². The highest BCUT2D eigenvalue weighted by Gasteiger charge is 2.55. The smallest absolute Gasteiger partial charge is 0.348 e. The molecule has 0 aliphatic heterocycles. The van der Waals surface area contributed by atoms with Crippen LogP contribution in [0.4, 0.5) is 13.2 Å². The molecule has 3 rings (SSSR count). The predicted molar refractivity (Wildman–Crippen MR) is 123 cm³/mol. The summed E-state index contributed by atoms with van der Waals surface area (Å²) in [7, 11) is 0. The minimum atomic E-state index is -4.80. The van der Waals surface area contributed by atoms with Crippen LogP contribution in [0.25, 0.3) is 0 Å². The lowest BCUT2D eigenvalue weighted by atomic mass is 9.46. The van der Waals surface area contributed by atoms with Crippen molar-refractivity contribution in [2.24, 2.45) is 35.0 Å². The lowest BCUT2D eigenvalue weighted by Gasteiger charge is -2.60. The number of amides is 1. The lowest BCUT2D eigenvalue weighted by molar-refractivity contribution is -0.173. The second-order valence-corrected chi connectivity index (χ2v) is 11.9. The third kappa shape index (κ3) is 5.56. The lowest BCUT2D eigenvalue weighted by Crippen LogP contribution is -2.52. The molecule has 0 heterocycles. The molecule has 182 valence electrons. The summed E-state index contributed by atoms with van der Waals surface area (Å²) in [5.41, 5.74) is 1.65. The van der Waals surface area contributed by atoms with Crippen LogP contribution in [0, 0.1) is 35.0 Å². The van der Waals surface area contributed by atoms with Crippen molar-refractivity contribution in [1.82, 2.24) is 5.32 Å². The van der Waals surface area contributed by atoms with E-state index in [2.05, 4.69) is 20.4 Å². The number of hydrogen-bond acceptors (Lipinski definition) is 3. The summed E-state index contributed by atoms with van der Waals surface area (Å²) in [5, 5.41) is 2.47. The molecule has 0 aromatic carbocycles. The first-order valence-electron chi connectivity index (χ1n) is 12.2. The fraction of sp³-hybridized carbons (Fsp3) is 0.840. The first kappa shape index (κ1) is 25.6. The third-order valence-corrected chi connectivity index (χ3v) is 10.1. The summed E-state index contributed by atoms with van der Waals surface area (Å²) in [5.74, 6) is 2.07. The number of fused-ring (bicyclic) bond motifs is 3. The van der Waals surface area contributed by atoms with Crippen molar-refractivity contribution >= 4 is 24.0 Å². The van der Waals surface area contributed by atoms with Gasteiger partial charge in [-0.05, 0) is 85.7 Å². The van der Waals surface area contributed by atoms with Crippen LogP contribution in [-0.4, -0.2) is 35.9 Å². The topological polar surface area (TPSA) is 46.2 Å². The fourth-order valence-electron chi connectivity index (χ4n) is 7.06. The summed E-state index contributed by atoms with van der Waals surface area (Å²) >= 11 is 1.84. The second kappa shape index (κ2) is 10.5. The molecule has 3 aliphatic rings. The fourth-order valence-corrected chi connectivity index (χ4v) is 8.31. The molecule has 32 heavy (non-hydrogen) atoms. The highest BCUT2D eigenvalue weighted by Crippen LogP contribution is 2.63. The number of thioether (sulfide) groups is 1. The highest BCUT2D eigenvalue weighted by molar-refractivity contribution is 7.99. The maximum atomic E-state index is 12.3. The standard InChI is InChI=1S/C25H38F3NO2S/c1-16-7-8-21-20(19(16)6-4-12-30)14-17(2)22-15-18(9-10-24(21,22)3)32-13-5-11-29-23(31)25(26,27)28/h12,16,18-22H,2,4-11,13-15H2,1,3H3,(H,29,31)/t16-,18-,19?,20?,21?,22-,24-/m1/s1. The van der Waals surface area contributed by atoms with E-state index in [0.717, 1.165) is 37.7 Å². The van der Waals surface area contributed by atoms with Crippen LogP contribution in [0.15, 0.2) is 12.2 Å². The number of hydrogen-bond donors (Lipinski definition) is 1. The second-order valence-electron chi connectivity index (χ2n) is 10.5. The molecule has 0 saturated heterocycles. The van der Waals surface area contributed by atoms with Gasteiger partial charge in [0.15, 0.2) is 0 Å². The molecule has 1 amide bonds. The Labute approximate surface area is 194 Å². The molecule has 0 spiro atoms. The van der Waals surface area contributed by atoms with E-state index >= 15 is 0 Å². The molecule has 3 nitrogen and oxygen atoms in total. The normalized spacial score (nSPS) is 37.3. The quantitative estimate of drug-likeness (QED) is 0.260. The van der Waals surface area contributed by atoms with Gasteiger partial charge in [0.05, 0.1) is 0 Å². The monoisotopic (exact) mass is 473 g/mol. The summed E-state index contributed by atoms with van der Waals surface area (Å²) in [6, 6.07) is 0. The van der Waals surface area contributed by atoms with E-state index in [4.69, 9.17) is 0 Å². The molecular formula is C25H38F3NO2S. The molecule has 0 aromatic rings. The van der Waals surface area contributed by atoms with Gasteiger partial charge >= 0.3 is 12.1 Å². The van der Waals surface area contributed by atoms with Gasteiger partial charge < -0.3 is 10.1 Å². The van der Waals surface area contributed by atoms with Crippen LogP contribution in [0.2, 0.25) is 0 Å². The maximum absolute atomic E-state index is 12.3. The summed E-state index contributed by atoms with van der Waals surface area (Å²) < 4.78 is 36.8. The number of halogens is 3. The number of allylic oxidation sites excluding steroid dienone is 1. The molecule has 3 unspecified atom stereocenters. The van der Waals surface area contributed by atoms with E-state index in [1.54, 1.807) is 0 Å². The Morgan fingerprint density at radius 2 is 2.06 bits per heavy atom. The van der Waals surface area contributed by atoms with E-state index in [1.807, 2.05) is 17.1 Å². The highest BCUT2D eigenvalue weighted by atomic mass is 32.2. The summed E-state index contributed by atoms with van der Waals surface area (Å²) in [4.78, 5) is 21.9. The molecule has 7 heteroatoms. The van der Waals surface area contributed by atoms with E-state index in [-0.39, 0.29) is 12.0 Å². The molecular weight excluding hydrogens is 435 g/mol.